The third-order valence-corrected chi connectivity index (χ3v) is 3.91. The van der Waals surface area contributed by atoms with Gasteiger partial charge in [-0.1, -0.05) is 19.4 Å². The van der Waals surface area contributed by atoms with Crippen molar-refractivity contribution in [2.75, 3.05) is 26.4 Å². The number of esters is 1. The summed E-state index contributed by atoms with van der Waals surface area (Å²) in [5, 5.41) is 0. The van der Waals surface area contributed by atoms with Crippen molar-refractivity contribution in [2.24, 2.45) is 0 Å². The van der Waals surface area contributed by atoms with E-state index in [4.69, 9.17) is 10.5 Å². The van der Waals surface area contributed by atoms with Gasteiger partial charge in [-0.05, 0) is 26.6 Å². The third kappa shape index (κ3) is 4.68. The van der Waals surface area contributed by atoms with Crippen LogP contribution in [-0.2, 0) is 17.0 Å². The van der Waals surface area contributed by atoms with Crippen molar-refractivity contribution < 1.29 is 40.3 Å². The van der Waals surface area contributed by atoms with Gasteiger partial charge in [0.2, 0.25) is 0 Å². The predicted octanol–water partition coefficient (Wildman–Crippen LogP) is 4.58. The van der Waals surface area contributed by atoms with Gasteiger partial charge < -0.3 is 15.4 Å². The molecule has 2 N–H and O–H groups in total. The van der Waals surface area contributed by atoms with E-state index in [0.717, 1.165) is 0 Å². The average molecular weight is 418 g/mol. The van der Waals surface area contributed by atoms with Gasteiger partial charge >= 0.3 is 24.0 Å². The Morgan fingerprint density at radius 1 is 1.07 bits per heavy atom. The van der Waals surface area contributed by atoms with Crippen LogP contribution in [0.25, 0.3) is 0 Å². The summed E-state index contributed by atoms with van der Waals surface area (Å²) in [4.78, 5) is 13.8. The van der Waals surface area contributed by atoms with E-state index in [-0.39, 0.29) is 30.5 Å². The molecule has 0 aliphatic rings. The normalized spacial score (nSPS) is 13.1. The topological polar surface area (TPSA) is 55.6 Å². The van der Waals surface area contributed by atoms with Crippen LogP contribution in [0.2, 0.25) is 0 Å². The molecule has 1 rings (SSSR count). The van der Waals surface area contributed by atoms with Crippen molar-refractivity contribution in [3.63, 3.8) is 0 Å². The molecule has 1 aromatic carbocycles. The molecule has 4 nitrogen and oxygen atoms in total. The molecule has 11 heteroatoms. The van der Waals surface area contributed by atoms with Gasteiger partial charge in [0.1, 0.15) is 0 Å². The zero-order valence-corrected chi connectivity index (χ0v) is 15.5. The van der Waals surface area contributed by atoms with Gasteiger partial charge in [0.15, 0.2) is 0 Å². The minimum Gasteiger partial charge on any atom is -0.462 e. The van der Waals surface area contributed by atoms with E-state index >= 15 is 0 Å². The molecule has 0 amide bonds. The number of ether oxygens (including phenoxy) is 1. The summed E-state index contributed by atoms with van der Waals surface area (Å²) in [6.07, 6.45) is -11.9. The number of hydrogen-bond acceptors (Lipinski definition) is 4. The number of anilines is 1. The fourth-order valence-electron chi connectivity index (χ4n) is 2.52. The second kappa shape index (κ2) is 8.54. The van der Waals surface area contributed by atoms with Crippen LogP contribution in [0.5, 0.6) is 0 Å². The smallest absolute Gasteiger partial charge is 0.435 e. The van der Waals surface area contributed by atoms with Crippen LogP contribution in [0.15, 0.2) is 12.1 Å². The Kier molecular flexibility index (Phi) is 7.32. The van der Waals surface area contributed by atoms with Gasteiger partial charge in [0, 0.05) is 23.4 Å². The van der Waals surface area contributed by atoms with Crippen molar-refractivity contribution in [2.45, 2.75) is 44.3 Å². The average Bonchev–Trinajstić information content (AvgIpc) is 2.53. The lowest BCUT2D eigenvalue weighted by atomic mass is 9.86. The first-order valence-electron chi connectivity index (χ1n) is 8.24. The summed E-state index contributed by atoms with van der Waals surface area (Å²) in [6, 6.07) is 0.939. The predicted molar refractivity (Wildman–Crippen MR) is 88.3 cm³/mol. The maximum Gasteiger partial charge on any atom is 0.435 e. The highest BCUT2D eigenvalue weighted by atomic mass is 19.4. The minimum absolute atomic E-state index is 0.228. The molecule has 0 unspecified atom stereocenters. The van der Waals surface area contributed by atoms with Gasteiger partial charge in [0.25, 0.3) is 0 Å². The maximum absolute atomic E-state index is 14.7. The van der Waals surface area contributed by atoms with E-state index in [9.17, 15) is 35.5 Å². The number of halogens is 7. The highest BCUT2D eigenvalue weighted by molar-refractivity contribution is 5.95. The Bertz CT molecular complexity index is 686. The molecule has 0 aromatic heterocycles. The maximum atomic E-state index is 14.7. The fraction of sp³-hybridized carbons (Fsp3) is 0.588. The van der Waals surface area contributed by atoms with Crippen molar-refractivity contribution in [1.82, 2.24) is 4.90 Å². The molecular weight excluding hydrogens is 397 g/mol. The quantitative estimate of drug-likeness (QED) is 0.305. The summed E-state index contributed by atoms with van der Waals surface area (Å²) in [5.74, 6) is -1.50. The molecule has 0 aliphatic heterocycles. The third-order valence-electron chi connectivity index (χ3n) is 3.91. The van der Waals surface area contributed by atoms with E-state index < -0.39 is 35.1 Å². The van der Waals surface area contributed by atoms with Gasteiger partial charge in [-0.15, -0.1) is 0 Å². The summed E-state index contributed by atoms with van der Waals surface area (Å²) < 4.78 is 98.9. The number of carbonyl (C=O) groups is 1. The van der Waals surface area contributed by atoms with E-state index in [1.165, 1.54) is 19.0 Å². The van der Waals surface area contributed by atoms with Crippen molar-refractivity contribution in [3.05, 3.63) is 28.8 Å². The van der Waals surface area contributed by atoms with Crippen LogP contribution >= 0.6 is 0 Å². The van der Waals surface area contributed by atoms with Crippen molar-refractivity contribution in [3.8, 4) is 0 Å². The largest absolute Gasteiger partial charge is 0.462 e. The zero-order valence-electron chi connectivity index (χ0n) is 15.5. The number of nitrogens with zero attached hydrogens (tertiary/aromatic N) is 1. The highest BCUT2D eigenvalue weighted by Crippen LogP contribution is 2.54. The Morgan fingerprint density at radius 3 is 2.04 bits per heavy atom. The van der Waals surface area contributed by atoms with Gasteiger partial charge in [0.05, 0.1) is 12.2 Å². The van der Waals surface area contributed by atoms with Crippen molar-refractivity contribution in [1.29, 1.82) is 0 Å². The standard InChI is InChI=1S/C17H21F7N2O2/c1-4-5-8-28-14(27)13-10(9-26(2)3)12(25)7-6-11(13)15(18,16(19,20)21)17(22,23)24/h6-7H,4-5,8-9,25H2,1-3H3. The van der Waals surface area contributed by atoms with Gasteiger partial charge in [-0.3, -0.25) is 0 Å². The molecule has 0 heterocycles. The lowest BCUT2D eigenvalue weighted by Crippen LogP contribution is -2.51. The number of nitrogen functional groups attached to an aromatic ring is 1. The number of rotatable bonds is 7. The highest BCUT2D eigenvalue weighted by Gasteiger charge is 2.74. The number of hydrogen-bond donors (Lipinski definition) is 1. The Labute approximate surface area is 157 Å². The number of carbonyl (C=O) groups excluding carboxylic acids is 1. The number of nitrogens with two attached hydrogens (primary N) is 1. The fourth-order valence-corrected chi connectivity index (χ4v) is 2.52. The molecule has 1 aromatic rings. The van der Waals surface area contributed by atoms with Crippen LogP contribution in [0.3, 0.4) is 0 Å². The summed E-state index contributed by atoms with van der Waals surface area (Å²) >= 11 is 0. The molecule has 160 valence electrons. The summed E-state index contributed by atoms with van der Waals surface area (Å²) in [7, 11) is 2.91. The first-order valence-corrected chi connectivity index (χ1v) is 8.24. The number of unbranched alkanes of at least 4 members (excludes halogenated alkanes) is 1. The molecule has 0 bridgehead atoms. The second-order valence-electron chi connectivity index (χ2n) is 6.44. The number of benzene rings is 1. The van der Waals surface area contributed by atoms with Crippen LogP contribution in [-0.4, -0.2) is 43.9 Å². The number of alkyl halides is 7. The van der Waals surface area contributed by atoms with E-state index in [1.807, 2.05) is 0 Å². The van der Waals surface area contributed by atoms with Crippen LogP contribution in [0, 0.1) is 0 Å². The van der Waals surface area contributed by atoms with E-state index in [1.54, 1.807) is 6.92 Å². The molecule has 0 aliphatic carbocycles. The SMILES string of the molecule is CCCCOC(=O)c1c(C(F)(C(F)(F)F)C(F)(F)F)ccc(N)c1CN(C)C. The van der Waals surface area contributed by atoms with Crippen LogP contribution < -0.4 is 5.73 Å². The van der Waals surface area contributed by atoms with Crippen molar-refractivity contribution >= 4 is 11.7 Å². The molecule has 28 heavy (non-hydrogen) atoms. The summed E-state index contributed by atoms with van der Waals surface area (Å²) in [5.41, 5.74) is -3.78. The monoisotopic (exact) mass is 418 g/mol. The first kappa shape index (κ1) is 24.0. The lowest BCUT2D eigenvalue weighted by molar-refractivity contribution is -0.348. The lowest BCUT2D eigenvalue weighted by Gasteiger charge is -2.32. The van der Waals surface area contributed by atoms with Crippen LogP contribution in [0.4, 0.5) is 36.4 Å². The molecule has 0 saturated carbocycles. The second-order valence-corrected chi connectivity index (χ2v) is 6.44. The Morgan fingerprint density at radius 2 is 1.61 bits per heavy atom. The Balaban J connectivity index is 3.81. The zero-order chi connectivity index (χ0) is 21.9. The van der Waals surface area contributed by atoms with Gasteiger partial charge in [-0.25, -0.2) is 9.18 Å². The van der Waals surface area contributed by atoms with E-state index in [2.05, 4.69) is 0 Å². The molecular formula is C17H21F7N2O2. The van der Waals surface area contributed by atoms with E-state index in [0.29, 0.717) is 18.9 Å². The molecule has 0 atom stereocenters. The Hall–Kier alpha value is -2.04. The molecule has 0 radical (unpaired) electrons. The summed E-state index contributed by atoms with van der Waals surface area (Å²) in [6.45, 7) is 1.18. The van der Waals surface area contributed by atoms with Gasteiger partial charge in [-0.2, -0.15) is 26.3 Å². The first-order chi connectivity index (χ1) is 12.7. The molecule has 0 fully saturated rings. The van der Waals surface area contributed by atoms with Crippen LogP contribution in [0.1, 0.15) is 41.3 Å². The minimum atomic E-state index is -6.37. The molecule has 0 saturated heterocycles. The molecule has 0 spiro atoms.